The number of aromatic nitrogens is 2. The first-order valence-corrected chi connectivity index (χ1v) is 17.6. The predicted octanol–water partition coefficient (Wildman–Crippen LogP) is 9.33. The van der Waals surface area contributed by atoms with Gasteiger partial charge in [0.25, 0.3) is 15.9 Å². The van der Waals surface area contributed by atoms with Gasteiger partial charge in [-0.1, -0.05) is 79.2 Å². The van der Waals surface area contributed by atoms with Gasteiger partial charge < -0.3 is 4.90 Å². The first-order chi connectivity index (χ1) is 20.0. The third-order valence-corrected chi connectivity index (χ3v) is 10.1. The standard InChI is InChI=1S/C31H37Cl4N3O3S/c1-4-7-8-14-37-27(21(5-2)22-17-23(32)24(33)18-28(22)37)12-11-13-31-36(6-3)29-19-25(34)26(35)20-30(29)38(31)15-9-10-16-42(39,40)41/h11-13,17-21H,4-10,14-16H2,1-3H3/p+1. The minimum Gasteiger partial charge on any atom is -0.344 e. The van der Waals surface area contributed by atoms with E-state index in [1.165, 1.54) is 11.3 Å². The molecule has 42 heavy (non-hydrogen) atoms. The van der Waals surface area contributed by atoms with Gasteiger partial charge in [-0.05, 0) is 56.4 Å². The van der Waals surface area contributed by atoms with E-state index in [4.69, 9.17) is 46.4 Å². The van der Waals surface area contributed by atoms with E-state index >= 15 is 0 Å². The van der Waals surface area contributed by atoms with E-state index < -0.39 is 10.1 Å². The largest absolute Gasteiger partial charge is 0.344 e. The van der Waals surface area contributed by atoms with E-state index in [0.29, 0.717) is 46.0 Å². The van der Waals surface area contributed by atoms with Gasteiger partial charge in [0.05, 0.1) is 38.9 Å². The number of allylic oxidation sites excluding steroid dienone is 3. The fourth-order valence-electron chi connectivity index (χ4n) is 5.84. The third kappa shape index (κ3) is 7.31. The maximum atomic E-state index is 11.3. The molecule has 0 spiro atoms. The molecule has 2 heterocycles. The lowest BCUT2D eigenvalue weighted by Gasteiger charge is -2.23. The van der Waals surface area contributed by atoms with Gasteiger partial charge in [-0.15, -0.1) is 0 Å². The van der Waals surface area contributed by atoms with Crippen molar-refractivity contribution in [3.05, 3.63) is 73.6 Å². The zero-order valence-corrected chi connectivity index (χ0v) is 28.1. The number of fused-ring (bicyclic) bond motifs is 2. The van der Waals surface area contributed by atoms with Crippen LogP contribution in [0.15, 0.2) is 42.1 Å². The van der Waals surface area contributed by atoms with Crippen LogP contribution in [0.2, 0.25) is 20.1 Å². The van der Waals surface area contributed by atoms with Crippen molar-refractivity contribution in [2.24, 2.45) is 0 Å². The number of hydrogen-bond donors (Lipinski definition) is 1. The number of aryl methyl sites for hydroxylation is 2. The molecule has 3 aromatic rings. The highest BCUT2D eigenvalue weighted by Gasteiger charge is 2.33. The molecule has 1 atom stereocenters. The molecule has 1 aromatic heterocycles. The number of unbranched alkanes of at least 4 members (excludes halogenated alkanes) is 3. The van der Waals surface area contributed by atoms with Crippen LogP contribution >= 0.6 is 46.4 Å². The maximum Gasteiger partial charge on any atom is 0.282 e. The van der Waals surface area contributed by atoms with Crippen LogP contribution in [0.1, 0.15) is 76.6 Å². The molecule has 2 aromatic carbocycles. The van der Waals surface area contributed by atoms with Crippen LogP contribution in [-0.2, 0) is 23.2 Å². The lowest BCUT2D eigenvalue weighted by atomic mass is 9.95. The van der Waals surface area contributed by atoms with E-state index in [1.807, 2.05) is 24.3 Å². The summed E-state index contributed by atoms with van der Waals surface area (Å²) in [6.07, 6.45) is 11.5. The smallest absolute Gasteiger partial charge is 0.282 e. The number of halogens is 4. The molecule has 1 aliphatic rings. The van der Waals surface area contributed by atoms with Gasteiger partial charge in [0.15, 0.2) is 11.0 Å². The van der Waals surface area contributed by atoms with Crippen LogP contribution in [-0.4, -0.2) is 29.8 Å². The highest BCUT2D eigenvalue weighted by atomic mass is 35.5. The zero-order chi connectivity index (χ0) is 30.6. The second kappa shape index (κ2) is 14.4. The fourth-order valence-corrected chi connectivity index (χ4v) is 7.06. The highest BCUT2D eigenvalue weighted by Crippen LogP contribution is 2.48. The van der Waals surface area contributed by atoms with E-state index in [1.54, 1.807) is 0 Å². The Kier molecular flexibility index (Phi) is 11.3. The number of imidazole rings is 1. The van der Waals surface area contributed by atoms with Crippen LogP contribution in [0.4, 0.5) is 5.69 Å². The van der Waals surface area contributed by atoms with E-state index in [0.717, 1.165) is 54.8 Å². The Balaban J connectivity index is 1.77. The average Bonchev–Trinajstić information content (AvgIpc) is 3.37. The highest BCUT2D eigenvalue weighted by molar-refractivity contribution is 7.85. The van der Waals surface area contributed by atoms with Crippen molar-refractivity contribution in [3.8, 4) is 0 Å². The van der Waals surface area contributed by atoms with Crippen molar-refractivity contribution < 1.29 is 17.5 Å². The lowest BCUT2D eigenvalue weighted by Crippen LogP contribution is -2.36. The predicted molar refractivity (Wildman–Crippen MR) is 177 cm³/mol. The molecule has 1 N–H and O–H groups in total. The molecule has 1 aliphatic heterocycles. The minimum atomic E-state index is -4.01. The fraction of sp³-hybridized carbons (Fsp3) is 0.452. The van der Waals surface area contributed by atoms with Crippen LogP contribution < -0.4 is 9.47 Å². The normalized spacial score (nSPS) is 16.4. The molecule has 228 valence electrons. The van der Waals surface area contributed by atoms with Gasteiger partial charge in [-0.3, -0.25) is 4.55 Å². The summed E-state index contributed by atoms with van der Waals surface area (Å²) in [5.74, 6) is 0.870. The lowest BCUT2D eigenvalue weighted by molar-refractivity contribution is -0.674. The first-order valence-electron chi connectivity index (χ1n) is 14.5. The number of nitrogens with zero attached hydrogens (tertiary/aromatic N) is 3. The molecule has 0 saturated heterocycles. The monoisotopic (exact) mass is 672 g/mol. The summed E-state index contributed by atoms with van der Waals surface area (Å²) in [5.41, 5.74) is 5.38. The Labute approximate surface area is 269 Å². The van der Waals surface area contributed by atoms with E-state index in [2.05, 4.69) is 53.0 Å². The van der Waals surface area contributed by atoms with Crippen molar-refractivity contribution in [3.63, 3.8) is 0 Å². The molecule has 0 saturated carbocycles. The number of rotatable bonds is 13. The molecule has 4 rings (SSSR count). The van der Waals surface area contributed by atoms with Gasteiger partial charge in [0.2, 0.25) is 0 Å². The average molecular weight is 675 g/mol. The van der Waals surface area contributed by atoms with Crippen LogP contribution in [0.25, 0.3) is 17.1 Å². The van der Waals surface area contributed by atoms with Crippen molar-refractivity contribution >= 4 is 79.3 Å². The van der Waals surface area contributed by atoms with Crippen molar-refractivity contribution in [2.45, 2.75) is 78.3 Å². The first kappa shape index (κ1) is 33.2. The molecule has 1 unspecified atom stereocenters. The second-order valence-corrected chi connectivity index (χ2v) is 13.8. The molecule has 6 nitrogen and oxygen atoms in total. The molecule has 0 fully saturated rings. The molecule has 0 amide bonds. The summed E-state index contributed by atoms with van der Waals surface area (Å²) in [6.45, 7) is 8.61. The SMILES string of the molecule is CCCCCN1C(=CC=Cc2n(CC)c3cc(Cl)c(Cl)cc3[n+]2CCCCS(=O)(=O)O)C(CC)c2cc(Cl)c(Cl)cc21. The van der Waals surface area contributed by atoms with Crippen LogP contribution in [0.3, 0.4) is 0 Å². The van der Waals surface area contributed by atoms with Crippen LogP contribution in [0.5, 0.6) is 0 Å². The number of hydrogen-bond acceptors (Lipinski definition) is 3. The molecular formula is C31H38Cl4N3O3S+. The summed E-state index contributed by atoms with van der Waals surface area (Å²) in [5, 5.41) is 2.06. The second-order valence-electron chi connectivity index (χ2n) is 10.6. The Morgan fingerprint density at radius 3 is 2.29 bits per heavy atom. The maximum absolute atomic E-state index is 11.3. The quantitative estimate of drug-likeness (QED) is 0.112. The summed E-state index contributed by atoms with van der Waals surface area (Å²) >= 11 is 25.8. The minimum absolute atomic E-state index is 0.197. The Bertz CT molecular complexity index is 1620. The van der Waals surface area contributed by atoms with Gasteiger partial charge in [0, 0.05) is 42.1 Å². The molecular weight excluding hydrogens is 636 g/mol. The topological polar surface area (TPSA) is 66.4 Å². The summed E-state index contributed by atoms with van der Waals surface area (Å²) in [6, 6.07) is 7.72. The summed E-state index contributed by atoms with van der Waals surface area (Å²) < 4.78 is 36.1. The summed E-state index contributed by atoms with van der Waals surface area (Å²) in [4.78, 5) is 2.38. The van der Waals surface area contributed by atoms with Crippen molar-refractivity contribution in [1.82, 2.24) is 4.57 Å². The van der Waals surface area contributed by atoms with Gasteiger partial charge >= 0.3 is 0 Å². The molecule has 0 bridgehead atoms. The van der Waals surface area contributed by atoms with Crippen LogP contribution in [0, 0.1) is 0 Å². The van der Waals surface area contributed by atoms with Gasteiger partial charge in [-0.2, -0.15) is 8.42 Å². The summed E-state index contributed by atoms with van der Waals surface area (Å²) in [7, 11) is -4.01. The zero-order valence-electron chi connectivity index (χ0n) is 24.2. The van der Waals surface area contributed by atoms with Crippen molar-refractivity contribution in [1.29, 1.82) is 0 Å². The third-order valence-electron chi connectivity index (χ3n) is 7.81. The van der Waals surface area contributed by atoms with Gasteiger partial charge in [0.1, 0.15) is 0 Å². The molecule has 0 radical (unpaired) electrons. The van der Waals surface area contributed by atoms with Crippen molar-refractivity contribution in [2.75, 3.05) is 17.2 Å². The molecule has 0 aliphatic carbocycles. The Morgan fingerprint density at radius 1 is 0.929 bits per heavy atom. The number of benzene rings is 2. The molecule has 11 heteroatoms. The Hall–Kier alpha value is -1.74. The van der Waals surface area contributed by atoms with E-state index in [9.17, 15) is 13.0 Å². The number of anilines is 1. The Morgan fingerprint density at radius 2 is 1.62 bits per heavy atom. The van der Waals surface area contributed by atoms with Gasteiger partial charge in [-0.25, -0.2) is 9.13 Å². The van der Waals surface area contributed by atoms with E-state index in [-0.39, 0.29) is 11.7 Å².